The molecule has 2 atom stereocenters. The summed E-state index contributed by atoms with van der Waals surface area (Å²) in [5.41, 5.74) is 2.91. The summed E-state index contributed by atoms with van der Waals surface area (Å²) in [5.74, 6) is 1.03. The van der Waals surface area contributed by atoms with Gasteiger partial charge in [-0.25, -0.2) is 13.1 Å². The molecule has 0 unspecified atom stereocenters. The molecule has 1 N–H and O–H groups in total. The lowest BCUT2D eigenvalue weighted by molar-refractivity contribution is 0.409. The highest BCUT2D eigenvalue weighted by molar-refractivity contribution is 7.88. The maximum atomic E-state index is 12.4. The lowest BCUT2D eigenvalue weighted by Gasteiger charge is -2.10. The highest BCUT2D eigenvalue weighted by Crippen LogP contribution is 2.45. The maximum Gasteiger partial charge on any atom is 0.216 e. The van der Waals surface area contributed by atoms with Crippen LogP contribution in [0.3, 0.4) is 0 Å². The Hall–Kier alpha value is -1.85. The molecule has 0 amide bonds. The van der Waals surface area contributed by atoms with Crippen molar-refractivity contribution >= 4 is 10.0 Å². The highest BCUT2D eigenvalue weighted by atomic mass is 32.2. The van der Waals surface area contributed by atoms with E-state index in [1.807, 2.05) is 55.5 Å². The van der Waals surface area contributed by atoms with Crippen molar-refractivity contribution in [3.8, 4) is 5.75 Å². The predicted octanol–water partition coefficient (Wildman–Crippen LogP) is 2.98. The van der Waals surface area contributed by atoms with Crippen LogP contribution in [0.5, 0.6) is 5.75 Å². The topological polar surface area (TPSA) is 55.4 Å². The molecule has 0 saturated heterocycles. The highest BCUT2D eigenvalue weighted by Gasteiger charge is 2.42. The summed E-state index contributed by atoms with van der Waals surface area (Å²) in [7, 11) is -1.71. The number of aryl methyl sites for hydroxylation is 1. The largest absolute Gasteiger partial charge is 0.496 e. The molecule has 23 heavy (non-hydrogen) atoms. The van der Waals surface area contributed by atoms with E-state index in [0.717, 1.165) is 28.9 Å². The number of hydrogen-bond acceptors (Lipinski definition) is 3. The minimum Gasteiger partial charge on any atom is -0.496 e. The number of methoxy groups -OCH3 is 1. The molecule has 0 spiro atoms. The van der Waals surface area contributed by atoms with Gasteiger partial charge < -0.3 is 4.74 Å². The van der Waals surface area contributed by atoms with E-state index in [0.29, 0.717) is 0 Å². The molecule has 0 radical (unpaired) electrons. The molecule has 4 nitrogen and oxygen atoms in total. The Kier molecular flexibility index (Phi) is 4.41. The zero-order valence-corrected chi connectivity index (χ0v) is 14.1. The van der Waals surface area contributed by atoms with Gasteiger partial charge in [-0.2, -0.15) is 0 Å². The molecule has 2 aromatic rings. The van der Waals surface area contributed by atoms with Crippen LogP contribution >= 0.6 is 0 Å². The van der Waals surface area contributed by atoms with Crippen molar-refractivity contribution in [2.75, 3.05) is 7.11 Å². The van der Waals surface area contributed by atoms with Gasteiger partial charge in [0.15, 0.2) is 0 Å². The lowest BCUT2D eigenvalue weighted by Crippen LogP contribution is -2.28. The monoisotopic (exact) mass is 331 g/mol. The number of rotatable bonds is 6. The van der Waals surface area contributed by atoms with Crippen LogP contribution < -0.4 is 9.46 Å². The Labute approximate surface area is 137 Å². The predicted molar refractivity (Wildman–Crippen MR) is 91.1 cm³/mol. The third kappa shape index (κ3) is 3.74. The molecule has 1 aliphatic rings. The molecule has 0 aliphatic heterocycles. The molecule has 0 heterocycles. The van der Waals surface area contributed by atoms with Crippen LogP contribution in [-0.2, 0) is 15.8 Å². The Morgan fingerprint density at radius 1 is 1.13 bits per heavy atom. The Balaban J connectivity index is 1.68. The lowest BCUT2D eigenvalue weighted by atomic mass is 10.1. The number of ether oxygens (including phenoxy) is 1. The van der Waals surface area contributed by atoms with Crippen molar-refractivity contribution < 1.29 is 13.2 Å². The molecule has 3 rings (SSSR count). The average Bonchev–Trinajstić information content (AvgIpc) is 3.27. The smallest absolute Gasteiger partial charge is 0.216 e. The fourth-order valence-electron chi connectivity index (χ4n) is 2.89. The summed E-state index contributed by atoms with van der Waals surface area (Å²) in [6, 6.07) is 15.3. The summed E-state index contributed by atoms with van der Waals surface area (Å²) in [4.78, 5) is 0. The fourth-order valence-corrected chi connectivity index (χ4v) is 4.43. The van der Waals surface area contributed by atoms with E-state index in [1.165, 1.54) is 0 Å². The first-order valence-corrected chi connectivity index (χ1v) is 9.33. The van der Waals surface area contributed by atoms with E-state index < -0.39 is 10.0 Å². The van der Waals surface area contributed by atoms with Crippen molar-refractivity contribution in [3.05, 3.63) is 65.2 Å². The molecular formula is C18H21NO3S. The van der Waals surface area contributed by atoms with E-state index in [9.17, 15) is 8.42 Å². The first-order chi connectivity index (χ1) is 11.0. The van der Waals surface area contributed by atoms with Gasteiger partial charge in [-0.05, 0) is 36.1 Å². The number of nitrogens with one attached hydrogen (secondary N) is 1. The molecule has 0 aromatic heterocycles. The Bertz CT molecular complexity index is 801. The van der Waals surface area contributed by atoms with Gasteiger partial charge in [-0.3, -0.25) is 0 Å². The molecule has 0 bridgehead atoms. The SMILES string of the molecule is COc1ccccc1[C@@H]1C[C@H]1NS(=O)(=O)Cc1ccccc1C. The first-order valence-electron chi connectivity index (χ1n) is 7.67. The molecule has 122 valence electrons. The molecule has 2 aromatic carbocycles. The zero-order valence-electron chi connectivity index (χ0n) is 13.3. The van der Waals surface area contributed by atoms with Crippen molar-refractivity contribution in [2.24, 2.45) is 0 Å². The van der Waals surface area contributed by atoms with Crippen LogP contribution in [0.15, 0.2) is 48.5 Å². The molecular weight excluding hydrogens is 310 g/mol. The van der Waals surface area contributed by atoms with Gasteiger partial charge in [0.1, 0.15) is 5.75 Å². The molecule has 1 fully saturated rings. The van der Waals surface area contributed by atoms with Crippen LogP contribution in [0.2, 0.25) is 0 Å². The summed E-state index contributed by atoms with van der Waals surface area (Å²) in [6.45, 7) is 1.93. The summed E-state index contributed by atoms with van der Waals surface area (Å²) < 4.78 is 33.0. The standard InChI is InChI=1S/C18H21NO3S/c1-13-7-3-4-8-14(13)12-23(20,21)19-17-11-16(17)15-9-5-6-10-18(15)22-2/h3-10,16-17,19H,11-12H2,1-2H3/t16-,17+/m0/s1. The minimum absolute atomic E-state index is 0.0226. The summed E-state index contributed by atoms with van der Waals surface area (Å²) >= 11 is 0. The van der Waals surface area contributed by atoms with Crippen molar-refractivity contribution in [1.82, 2.24) is 4.72 Å². The number of benzene rings is 2. The quantitative estimate of drug-likeness (QED) is 0.885. The van der Waals surface area contributed by atoms with Crippen LogP contribution in [0, 0.1) is 6.92 Å². The maximum absolute atomic E-state index is 12.4. The van der Waals surface area contributed by atoms with Gasteiger partial charge in [0, 0.05) is 12.0 Å². The van der Waals surface area contributed by atoms with Crippen molar-refractivity contribution in [2.45, 2.75) is 31.1 Å². The third-order valence-corrected chi connectivity index (χ3v) is 5.62. The molecule has 5 heteroatoms. The van der Waals surface area contributed by atoms with Gasteiger partial charge in [0.25, 0.3) is 0 Å². The van der Waals surface area contributed by atoms with Crippen LogP contribution in [0.4, 0.5) is 0 Å². The second-order valence-electron chi connectivity index (χ2n) is 5.99. The normalized spacial score (nSPS) is 20.3. The second-order valence-corrected chi connectivity index (χ2v) is 7.75. The Morgan fingerprint density at radius 3 is 2.57 bits per heavy atom. The van der Waals surface area contributed by atoms with Gasteiger partial charge in [0.05, 0.1) is 12.9 Å². The van der Waals surface area contributed by atoms with Crippen LogP contribution in [0.25, 0.3) is 0 Å². The number of hydrogen-bond donors (Lipinski definition) is 1. The van der Waals surface area contributed by atoms with E-state index in [2.05, 4.69) is 4.72 Å². The molecule has 1 aliphatic carbocycles. The average molecular weight is 331 g/mol. The first kappa shape index (κ1) is 16.0. The number of sulfonamides is 1. The van der Waals surface area contributed by atoms with E-state index in [1.54, 1.807) is 7.11 Å². The van der Waals surface area contributed by atoms with Crippen molar-refractivity contribution in [1.29, 1.82) is 0 Å². The minimum atomic E-state index is -3.35. The molecule has 1 saturated carbocycles. The van der Waals surface area contributed by atoms with Gasteiger partial charge >= 0.3 is 0 Å². The number of para-hydroxylation sites is 1. The van der Waals surface area contributed by atoms with Crippen molar-refractivity contribution in [3.63, 3.8) is 0 Å². The Morgan fingerprint density at radius 2 is 1.83 bits per heavy atom. The van der Waals surface area contributed by atoms with Crippen LogP contribution in [-0.4, -0.2) is 21.6 Å². The third-order valence-electron chi connectivity index (χ3n) is 4.27. The summed E-state index contributed by atoms with van der Waals surface area (Å²) in [5, 5.41) is 0. The van der Waals surface area contributed by atoms with Gasteiger partial charge in [0.2, 0.25) is 10.0 Å². The zero-order chi connectivity index (χ0) is 16.4. The van der Waals surface area contributed by atoms with E-state index in [-0.39, 0.29) is 17.7 Å². The summed E-state index contributed by atoms with van der Waals surface area (Å²) in [6.07, 6.45) is 0.813. The van der Waals surface area contributed by atoms with Gasteiger partial charge in [-0.15, -0.1) is 0 Å². The second kappa shape index (κ2) is 6.34. The van der Waals surface area contributed by atoms with Gasteiger partial charge in [-0.1, -0.05) is 42.5 Å². The van der Waals surface area contributed by atoms with Crippen LogP contribution in [0.1, 0.15) is 29.0 Å². The fraction of sp³-hybridized carbons (Fsp3) is 0.333. The van der Waals surface area contributed by atoms with E-state index in [4.69, 9.17) is 4.74 Å². The van der Waals surface area contributed by atoms with E-state index >= 15 is 0 Å².